The van der Waals surface area contributed by atoms with Crippen molar-refractivity contribution >= 4 is 22.5 Å². The van der Waals surface area contributed by atoms with Crippen molar-refractivity contribution in [2.45, 2.75) is 38.6 Å². The molecule has 0 saturated heterocycles. The number of aromatic nitrogens is 2. The maximum absolute atomic E-state index is 13.3. The van der Waals surface area contributed by atoms with Crippen LogP contribution in [0, 0.1) is 6.92 Å². The molecule has 1 aromatic heterocycles. The molecule has 1 fully saturated rings. The minimum Gasteiger partial charge on any atom is -0.289 e. The Morgan fingerprint density at radius 3 is 2.58 bits per heavy atom. The molecule has 3 aromatic rings. The summed E-state index contributed by atoms with van der Waals surface area (Å²) >= 11 is 6.43. The van der Waals surface area contributed by atoms with Gasteiger partial charge in [0.25, 0.3) is 5.56 Å². The van der Waals surface area contributed by atoms with E-state index < -0.39 is 0 Å². The summed E-state index contributed by atoms with van der Waals surface area (Å²) in [6.45, 7) is 1.99. The van der Waals surface area contributed by atoms with Crippen LogP contribution in [0.15, 0.2) is 47.3 Å². The van der Waals surface area contributed by atoms with Crippen LogP contribution in [0.25, 0.3) is 22.3 Å². The van der Waals surface area contributed by atoms with E-state index in [0.29, 0.717) is 16.2 Å². The predicted molar refractivity (Wildman–Crippen MR) is 98.7 cm³/mol. The molecule has 0 radical (unpaired) electrons. The second-order valence-corrected chi connectivity index (χ2v) is 6.91. The molecular weight excluding hydrogens is 320 g/mol. The topological polar surface area (TPSA) is 34.9 Å². The van der Waals surface area contributed by atoms with E-state index in [9.17, 15) is 4.79 Å². The number of hydrogen-bond acceptors (Lipinski definition) is 2. The first-order valence-corrected chi connectivity index (χ1v) is 8.81. The molecule has 1 aliphatic rings. The number of halogens is 1. The smallest absolute Gasteiger partial charge is 0.261 e. The van der Waals surface area contributed by atoms with E-state index >= 15 is 0 Å². The monoisotopic (exact) mass is 338 g/mol. The Balaban J connectivity index is 2.10. The van der Waals surface area contributed by atoms with Crippen LogP contribution in [0.4, 0.5) is 0 Å². The number of aryl methyl sites for hydroxylation is 1. The van der Waals surface area contributed by atoms with Crippen LogP contribution in [0.2, 0.25) is 5.02 Å². The lowest BCUT2D eigenvalue weighted by Crippen LogP contribution is -2.26. The van der Waals surface area contributed by atoms with E-state index in [1.165, 1.54) is 0 Å². The maximum Gasteiger partial charge on any atom is 0.261 e. The van der Waals surface area contributed by atoms with Crippen molar-refractivity contribution in [1.29, 1.82) is 0 Å². The van der Waals surface area contributed by atoms with E-state index in [1.807, 2.05) is 54.0 Å². The molecule has 0 bridgehead atoms. The molecule has 1 aliphatic carbocycles. The third-order valence-electron chi connectivity index (χ3n) is 4.94. The molecule has 0 spiro atoms. The molecule has 0 unspecified atom stereocenters. The van der Waals surface area contributed by atoms with Gasteiger partial charge < -0.3 is 0 Å². The van der Waals surface area contributed by atoms with Gasteiger partial charge in [-0.15, -0.1) is 0 Å². The summed E-state index contributed by atoms with van der Waals surface area (Å²) in [5.41, 5.74) is 2.65. The Morgan fingerprint density at radius 1 is 1.08 bits per heavy atom. The normalized spacial score (nSPS) is 15.2. The van der Waals surface area contributed by atoms with E-state index in [2.05, 4.69) is 0 Å². The van der Waals surface area contributed by atoms with Gasteiger partial charge in [-0.25, -0.2) is 4.98 Å². The highest BCUT2D eigenvalue weighted by molar-refractivity contribution is 6.33. The molecule has 122 valence electrons. The largest absolute Gasteiger partial charge is 0.289 e. The van der Waals surface area contributed by atoms with E-state index in [4.69, 9.17) is 16.6 Å². The zero-order chi connectivity index (χ0) is 16.7. The van der Waals surface area contributed by atoms with Crippen LogP contribution < -0.4 is 5.56 Å². The van der Waals surface area contributed by atoms with Gasteiger partial charge in [0.2, 0.25) is 0 Å². The summed E-state index contributed by atoms with van der Waals surface area (Å²) in [5, 5.41) is 1.32. The zero-order valence-corrected chi connectivity index (χ0v) is 14.4. The molecule has 4 heteroatoms. The van der Waals surface area contributed by atoms with Crippen LogP contribution in [0.1, 0.15) is 37.3 Å². The highest BCUT2D eigenvalue weighted by atomic mass is 35.5. The number of nitrogens with zero attached hydrogens (tertiary/aromatic N) is 2. The van der Waals surface area contributed by atoms with Gasteiger partial charge in [-0.05, 0) is 43.5 Å². The van der Waals surface area contributed by atoms with Crippen molar-refractivity contribution in [3.05, 3.63) is 63.4 Å². The number of hydrogen-bond donors (Lipinski definition) is 0. The molecule has 0 atom stereocenters. The van der Waals surface area contributed by atoms with Gasteiger partial charge in [0.15, 0.2) is 0 Å². The summed E-state index contributed by atoms with van der Waals surface area (Å²) in [6, 6.07) is 13.6. The van der Waals surface area contributed by atoms with Crippen LogP contribution in [-0.2, 0) is 0 Å². The summed E-state index contributed by atoms with van der Waals surface area (Å²) in [5.74, 6) is 0.694. The molecule has 24 heavy (non-hydrogen) atoms. The lowest BCUT2D eigenvalue weighted by Gasteiger charge is -2.20. The molecular formula is C20H19ClN2O. The first-order valence-electron chi connectivity index (χ1n) is 8.43. The molecule has 0 N–H and O–H groups in total. The standard InChI is InChI=1S/C20H19ClN2O/c1-13-7-6-11-16-18(13)22-19(15-10-4-5-12-17(15)21)23(20(16)24)14-8-2-3-9-14/h4-7,10-12,14H,2-3,8-9H2,1H3. The second kappa shape index (κ2) is 6.06. The molecule has 2 aromatic carbocycles. The quantitative estimate of drug-likeness (QED) is 0.648. The van der Waals surface area contributed by atoms with E-state index in [1.54, 1.807) is 0 Å². The van der Waals surface area contributed by atoms with Gasteiger partial charge in [-0.2, -0.15) is 0 Å². The molecule has 0 amide bonds. The summed E-state index contributed by atoms with van der Waals surface area (Å²) in [4.78, 5) is 18.1. The summed E-state index contributed by atoms with van der Waals surface area (Å²) in [7, 11) is 0. The van der Waals surface area contributed by atoms with E-state index in [0.717, 1.165) is 42.3 Å². The zero-order valence-electron chi connectivity index (χ0n) is 13.6. The fourth-order valence-corrected chi connectivity index (χ4v) is 3.92. The Hall–Kier alpha value is -2.13. The van der Waals surface area contributed by atoms with Gasteiger partial charge in [0, 0.05) is 11.6 Å². The lowest BCUT2D eigenvalue weighted by atomic mass is 10.1. The predicted octanol–water partition coefficient (Wildman–Crippen LogP) is 5.14. The second-order valence-electron chi connectivity index (χ2n) is 6.50. The van der Waals surface area contributed by atoms with Gasteiger partial charge in [-0.3, -0.25) is 9.36 Å². The summed E-state index contributed by atoms with van der Waals surface area (Å²) < 4.78 is 1.88. The van der Waals surface area contributed by atoms with Gasteiger partial charge in [-0.1, -0.05) is 48.7 Å². The average Bonchev–Trinajstić information content (AvgIpc) is 3.10. The maximum atomic E-state index is 13.3. The Morgan fingerprint density at radius 2 is 1.83 bits per heavy atom. The Kier molecular flexibility index (Phi) is 3.89. The van der Waals surface area contributed by atoms with Crippen molar-refractivity contribution in [3.8, 4) is 11.4 Å². The van der Waals surface area contributed by atoms with Crippen molar-refractivity contribution < 1.29 is 0 Å². The SMILES string of the molecule is Cc1cccc2c(=O)n(C3CCCC3)c(-c3ccccc3Cl)nc12. The number of para-hydroxylation sites is 1. The molecule has 1 saturated carbocycles. The minimum absolute atomic E-state index is 0.0468. The molecule has 4 rings (SSSR count). The molecule has 0 aliphatic heterocycles. The number of rotatable bonds is 2. The van der Waals surface area contributed by atoms with Crippen molar-refractivity contribution in [2.75, 3.05) is 0 Å². The van der Waals surface area contributed by atoms with Gasteiger partial charge >= 0.3 is 0 Å². The number of fused-ring (bicyclic) bond motifs is 1. The third-order valence-corrected chi connectivity index (χ3v) is 5.27. The number of benzene rings is 2. The van der Waals surface area contributed by atoms with Gasteiger partial charge in [0.05, 0.1) is 15.9 Å². The van der Waals surface area contributed by atoms with E-state index in [-0.39, 0.29) is 11.6 Å². The Bertz CT molecular complexity index is 971. The van der Waals surface area contributed by atoms with Gasteiger partial charge in [0.1, 0.15) is 5.82 Å². The highest BCUT2D eigenvalue weighted by Crippen LogP contribution is 2.34. The first kappa shape index (κ1) is 15.4. The van der Waals surface area contributed by atoms with Crippen LogP contribution >= 0.6 is 11.6 Å². The Labute approximate surface area is 145 Å². The van der Waals surface area contributed by atoms with Crippen molar-refractivity contribution in [3.63, 3.8) is 0 Å². The molecule has 1 heterocycles. The molecule has 3 nitrogen and oxygen atoms in total. The first-order chi connectivity index (χ1) is 11.7. The average molecular weight is 339 g/mol. The third kappa shape index (κ3) is 2.44. The van der Waals surface area contributed by atoms with Crippen molar-refractivity contribution in [2.24, 2.45) is 0 Å². The van der Waals surface area contributed by atoms with Crippen LogP contribution in [0.3, 0.4) is 0 Å². The fourth-order valence-electron chi connectivity index (χ4n) is 3.70. The summed E-state index contributed by atoms with van der Waals surface area (Å²) in [6.07, 6.45) is 4.36. The lowest BCUT2D eigenvalue weighted by molar-refractivity contribution is 0.505. The minimum atomic E-state index is 0.0468. The van der Waals surface area contributed by atoms with Crippen molar-refractivity contribution in [1.82, 2.24) is 9.55 Å². The van der Waals surface area contributed by atoms with Crippen LogP contribution in [0.5, 0.6) is 0 Å². The van der Waals surface area contributed by atoms with Crippen LogP contribution in [-0.4, -0.2) is 9.55 Å². The fraction of sp³-hybridized carbons (Fsp3) is 0.300. The highest BCUT2D eigenvalue weighted by Gasteiger charge is 2.24.